The number of carbonyl (C=O) groups is 2. The second-order valence-electron chi connectivity index (χ2n) is 10.7. The van der Waals surface area contributed by atoms with Crippen molar-refractivity contribution >= 4 is 46.2 Å². The molecule has 0 fully saturated rings. The molecule has 2 N–H and O–H groups in total. The van der Waals surface area contributed by atoms with E-state index in [1.807, 2.05) is 19.9 Å². The van der Waals surface area contributed by atoms with Gasteiger partial charge in [-0.1, -0.05) is 26.5 Å². The average Bonchev–Trinajstić information content (AvgIpc) is 3.63. The minimum atomic E-state index is -0.0166. The van der Waals surface area contributed by atoms with E-state index < -0.39 is 0 Å². The molecule has 0 aliphatic carbocycles. The van der Waals surface area contributed by atoms with E-state index in [2.05, 4.69) is 62.4 Å². The number of aromatic amines is 2. The number of allylic oxidation sites excluding steroid dienone is 3. The van der Waals surface area contributed by atoms with Crippen LogP contribution in [0.3, 0.4) is 0 Å². The van der Waals surface area contributed by atoms with Crippen LogP contribution in [0.4, 0.5) is 0 Å². The van der Waals surface area contributed by atoms with Crippen LogP contribution in [-0.4, -0.2) is 39.5 Å². The molecule has 0 unspecified atom stereocenters. The summed E-state index contributed by atoms with van der Waals surface area (Å²) >= 11 is 0. The third-order valence-corrected chi connectivity index (χ3v) is 8.61. The maximum atomic E-state index is 11.6. The molecule has 2 aliphatic heterocycles. The van der Waals surface area contributed by atoms with Crippen LogP contribution < -0.4 is 4.74 Å². The van der Waals surface area contributed by atoms with E-state index in [0.717, 1.165) is 73.6 Å². The van der Waals surface area contributed by atoms with Gasteiger partial charge in [0, 0.05) is 50.9 Å². The fraction of sp³-hybridized carbons (Fsp3) is 0.333. The van der Waals surface area contributed by atoms with Gasteiger partial charge in [-0.2, -0.15) is 0 Å². The van der Waals surface area contributed by atoms with Gasteiger partial charge in [0.25, 0.3) is 12.9 Å². The van der Waals surface area contributed by atoms with Crippen molar-refractivity contribution in [3.8, 4) is 5.75 Å². The number of nitrogens with zero attached hydrogens (tertiary/aromatic N) is 2. The maximum absolute atomic E-state index is 11.6. The normalized spacial score (nSPS) is 16.5. The number of aryl methyl sites for hydroxylation is 4. The standard InChI is InChI=1S/C33H36N4O4/c1-8-22-17(3)25-12-27-19(5)24(10-11-40-15-38)31(36-27)21(7)32-33(41-16-39)20(6)28(37-32)14-30-23(9-2)18(4)26(35-30)13-29(22)34-25/h8,12-16,19,24,35,37H,1,9-11H2,2-7H3/t19-,24-/m0/s1. The van der Waals surface area contributed by atoms with Gasteiger partial charge >= 0.3 is 0 Å². The van der Waals surface area contributed by atoms with Crippen molar-refractivity contribution in [2.75, 3.05) is 6.61 Å². The Morgan fingerprint density at radius 3 is 2.37 bits per heavy atom. The Labute approximate surface area is 239 Å². The lowest BCUT2D eigenvalue weighted by molar-refractivity contribution is -0.129. The number of hydrogen-bond acceptors (Lipinski definition) is 6. The van der Waals surface area contributed by atoms with Crippen molar-refractivity contribution in [1.82, 2.24) is 19.9 Å². The summed E-state index contributed by atoms with van der Waals surface area (Å²) in [5, 5.41) is 0. The highest BCUT2D eigenvalue weighted by Gasteiger charge is 2.31. The molecule has 0 saturated carbocycles. The first-order valence-corrected chi connectivity index (χ1v) is 14.0. The molecule has 0 aromatic carbocycles. The molecule has 8 nitrogen and oxygen atoms in total. The molecule has 3 aromatic heterocycles. The average molecular weight is 553 g/mol. The monoisotopic (exact) mass is 552 g/mol. The summed E-state index contributed by atoms with van der Waals surface area (Å²) in [7, 11) is 0. The first-order chi connectivity index (χ1) is 19.7. The van der Waals surface area contributed by atoms with Gasteiger partial charge in [-0.05, 0) is 81.0 Å². The topological polar surface area (TPSA) is 110 Å². The molecule has 8 bridgehead atoms. The Morgan fingerprint density at radius 2 is 1.68 bits per heavy atom. The van der Waals surface area contributed by atoms with Gasteiger partial charge < -0.3 is 19.4 Å². The SMILES string of the molecule is C=CC1=C(C)c2cc3nc(c(C)c4[nH]c(cc5[nH]c(cc1n2)c(C)c5CC)c(C)c4OC=O)[C@@H](CCOC=O)[C@@H]3C. The number of hydrogen-bond donors (Lipinski definition) is 2. The van der Waals surface area contributed by atoms with Gasteiger partial charge in [-0.3, -0.25) is 14.6 Å². The summed E-state index contributed by atoms with van der Waals surface area (Å²) in [5.41, 5.74) is 13.1. The van der Waals surface area contributed by atoms with E-state index in [4.69, 9.17) is 19.4 Å². The summed E-state index contributed by atoms with van der Waals surface area (Å²) in [5.74, 6) is 0.501. The van der Waals surface area contributed by atoms with Gasteiger partial charge in [-0.15, -0.1) is 0 Å². The van der Waals surface area contributed by atoms with E-state index in [1.165, 1.54) is 5.56 Å². The second-order valence-corrected chi connectivity index (χ2v) is 10.7. The summed E-state index contributed by atoms with van der Waals surface area (Å²) in [6.07, 6.45) is 3.30. The van der Waals surface area contributed by atoms with Crippen molar-refractivity contribution in [2.45, 2.75) is 66.2 Å². The smallest absolute Gasteiger partial charge is 0.298 e. The van der Waals surface area contributed by atoms with E-state index >= 15 is 0 Å². The summed E-state index contributed by atoms with van der Waals surface area (Å²) in [6, 6.07) is 6.21. The zero-order valence-corrected chi connectivity index (χ0v) is 24.5. The minimum absolute atomic E-state index is 0.0166. The molecule has 0 radical (unpaired) electrons. The van der Waals surface area contributed by atoms with Crippen LogP contribution in [0, 0.1) is 20.8 Å². The highest BCUT2D eigenvalue weighted by atomic mass is 16.5. The van der Waals surface area contributed by atoms with E-state index in [1.54, 1.807) is 0 Å². The zero-order valence-electron chi connectivity index (χ0n) is 24.5. The molecule has 5 rings (SSSR count). The maximum Gasteiger partial charge on any atom is 0.298 e. The Balaban J connectivity index is 1.96. The number of ether oxygens (including phenoxy) is 2. The summed E-state index contributed by atoms with van der Waals surface area (Å²) in [6.45, 7) is 17.7. The number of aromatic nitrogens is 4. The first-order valence-electron chi connectivity index (χ1n) is 14.0. The molecule has 41 heavy (non-hydrogen) atoms. The number of carbonyl (C=O) groups excluding carboxylic acids is 2. The van der Waals surface area contributed by atoms with Crippen LogP contribution in [0.1, 0.15) is 84.1 Å². The lowest BCUT2D eigenvalue weighted by Crippen LogP contribution is -2.07. The Bertz CT molecular complexity index is 1760. The highest BCUT2D eigenvalue weighted by molar-refractivity contribution is 5.96. The third-order valence-electron chi connectivity index (χ3n) is 8.61. The second kappa shape index (κ2) is 11.2. The van der Waals surface area contributed by atoms with Crippen LogP contribution in [0.2, 0.25) is 0 Å². The number of fused-ring (bicyclic) bond motifs is 8. The van der Waals surface area contributed by atoms with Gasteiger partial charge in [-0.25, -0.2) is 4.98 Å². The van der Waals surface area contributed by atoms with Crippen molar-refractivity contribution in [3.63, 3.8) is 0 Å². The molecule has 0 amide bonds. The first kappa shape index (κ1) is 28.1. The summed E-state index contributed by atoms with van der Waals surface area (Å²) < 4.78 is 10.6. The van der Waals surface area contributed by atoms with Gasteiger partial charge in [0.05, 0.1) is 23.5 Å². The quantitative estimate of drug-likeness (QED) is 0.232. The van der Waals surface area contributed by atoms with E-state index in [9.17, 15) is 9.59 Å². The van der Waals surface area contributed by atoms with Crippen molar-refractivity contribution in [1.29, 1.82) is 0 Å². The van der Waals surface area contributed by atoms with Gasteiger partial charge in [0.15, 0.2) is 5.75 Å². The van der Waals surface area contributed by atoms with Crippen LogP contribution in [-0.2, 0) is 20.7 Å². The van der Waals surface area contributed by atoms with E-state index in [0.29, 0.717) is 30.6 Å². The molecule has 2 aliphatic rings. The third kappa shape index (κ3) is 4.77. The van der Waals surface area contributed by atoms with Crippen LogP contribution in [0.5, 0.6) is 5.75 Å². The Kier molecular flexibility index (Phi) is 7.67. The minimum Gasteiger partial charge on any atom is -0.468 e. The Morgan fingerprint density at radius 1 is 0.927 bits per heavy atom. The predicted octanol–water partition coefficient (Wildman–Crippen LogP) is 6.90. The molecule has 0 spiro atoms. The van der Waals surface area contributed by atoms with Crippen LogP contribution in [0.15, 0.2) is 30.9 Å². The molecule has 0 saturated heterocycles. The fourth-order valence-corrected chi connectivity index (χ4v) is 6.18. The van der Waals surface area contributed by atoms with Crippen molar-refractivity contribution in [2.24, 2.45) is 0 Å². The molecule has 3 aromatic rings. The van der Waals surface area contributed by atoms with Crippen LogP contribution >= 0.6 is 0 Å². The lowest BCUT2D eigenvalue weighted by atomic mass is 9.87. The van der Waals surface area contributed by atoms with E-state index in [-0.39, 0.29) is 18.4 Å². The van der Waals surface area contributed by atoms with Gasteiger partial charge in [0.1, 0.15) is 0 Å². The molecule has 2 atom stereocenters. The molecule has 212 valence electrons. The number of nitrogens with one attached hydrogen (secondary N) is 2. The molecular formula is C33H36N4O4. The number of rotatable bonds is 8. The lowest BCUT2D eigenvalue weighted by Gasteiger charge is -2.16. The van der Waals surface area contributed by atoms with Crippen molar-refractivity contribution in [3.05, 3.63) is 75.9 Å². The summed E-state index contributed by atoms with van der Waals surface area (Å²) in [4.78, 5) is 39.8. The molecule has 5 heterocycles. The van der Waals surface area contributed by atoms with Crippen molar-refractivity contribution < 1.29 is 19.1 Å². The highest BCUT2D eigenvalue weighted by Crippen LogP contribution is 2.43. The molecule has 8 heteroatoms. The van der Waals surface area contributed by atoms with Gasteiger partial charge in [0.2, 0.25) is 0 Å². The number of H-pyrrole nitrogens is 2. The fourth-order valence-electron chi connectivity index (χ4n) is 6.18. The molecular weight excluding hydrogens is 516 g/mol. The predicted molar refractivity (Wildman–Crippen MR) is 162 cm³/mol. The largest absolute Gasteiger partial charge is 0.468 e. The Hall–Kier alpha value is -4.46. The van der Waals surface area contributed by atoms with Crippen LogP contribution in [0.25, 0.3) is 33.2 Å². The zero-order chi connectivity index (χ0) is 29.4.